The maximum Gasteiger partial charge on any atom is 0.165 e. The minimum absolute atomic E-state index is 0.146. The molecule has 0 saturated carbocycles. The number of hydrogen-bond donors (Lipinski definition) is 1. The van der Waals surface area contributed by atoms with Crippen LogP contribution in [0.5, 0.6) is 5.75 Å². The molecule has 0 spiro atoms. The van der Waals surface area contributed by atoms with Crippen LogP contribution in [0, 0.1) is 12.7 Å². The van der Waals surface area contributed by atoms with E-state index in [4.69, 9.17) is 22.1 Å². The van der Waals surface area contributed by atoms with Crippen LogP contribution in [-0.4, -0.2) is 30.1 Å². The Bertz CT molecular complexity index is 813. The average molecular weight is 375 g/mol. The third-order valence-corrected chi connectivity index (χ3v) is 5.81. The quantitative estimate of drug-likeness (QED) is 0.872. The monoisotopic (exact) mass is 374 g/mol. The van der Waals surface area contributed by atoms with E-state index in [-0.39, 0.29) is 29.8 Å². The molecule has 2 aromatic carbocycles. The van der Waals surface area contributed by atoms with Gasteiger partial charge in [0.05, 0.1) is 6.04 Å². The van der Waals surface area contributed by atoms with Gasteiger partial charge in [-0.1, -0.05) is 23.7 Å². The van der Waals surface area contributed by atoms with Crippen LogP contribution in [0.4, 0.5) is 4.39 Å². The highest BCUT2D eigenvalue weighted by atomic mass is 35.5. The largest absolute Gasteiger partial charge is 0.481 e. The van der Waals surface area contributed by atoms with E-state index in [1.807, 2.05) is 12.1 Å². The number of piperidine rings is 1. The summed E-state index contributed by atoms with van der Waals surface area (Å²) in [6.07, 6.45) is 2.77. The van der Waals surface area contributed by atoms with Crippen molar-refractivity contribution in [1.29, 1.82) is 0 Å². The van der Waals surface area contributed by atoms with Crippen molar-refractivity contribution in [2.45, 2.75) is 44.4 Å². The highest BCUT2D eigenvalue weighted by Crippen LogP contribution is 2.41. The van der Waals surface area contributed by atoms with Gasteiger partial charge in [-0.05, 0) is 73.7 Å². The van der Waals surface area contributed by atoms with Crippen LogP contribution in [0.1, 0.15) is 35.6 Å². The Morgan fingerprint density at radius 1 is 1.27 bits per heavy atom. The van der Waals surface area contributed by atoms with E-state index in [1.54, 1.807) is 18.2 Å². The Hall–Kier alpha value is -1.62. The molecule has 3 nitrogen and oxygen atoms in total. The number of benzene rings is 2. The van der Waals surface area contributed by atoms with Crippen molar-refractivity contribution in [2.75, 3.05) is 13.1 Å². The van der Waals surface area contributed by atoms with Gasteiger partial charge in [-0.2, -0.15) is 0 Å². The van der Waals surface area contributed by atoms with E-state index >= 15 is 0 Å². The Balaban J connectivity index is 1.71. The maximum absolute atomic E-state index is 14.2. The molecule has 1 aliphatic carbocycles. The summed E-state index contributed by atoms with van der Waals surface area (Å²) in [6.45, 7) is 3.92. The second kappa shape index (κ2) is 7.18. The van der Waals surface area contributed by atoms with Gasteiger partial charge in [-0.15, -0.1) is 0 Å². The Kier molecular flexibility index (Phi) is 4.91. The Morgan fingerprint density at radius 3 is 2.85 bits per heavy atom. The number of aryl methyl sites for hydroxylation is 1. The molecule has 1 heterocycles. The van der Waals surface area contributed by atoms with Gasteiger partial charge in [0.25, 0.3) is 0 Å². The predicted octanol–water partition coefficient (Wildman–Crippen LogP) is 4.26. The van der Waals surface area contributed by atoms with E-state index in [9.17, 15) is 4.39 Å². The molecule has 2 N–H and O–H groups in total. The fourth-order valence-electron chi connectivity index (χ4n) is 4.34. The van der Waals surface area contributed by atoms with Crippen molar-refractivity contribution >= 4 is 11.6 Å². The molecule has 0 bridgehead atoms. The number of nitrogens with two attached hydrogens (primary N) is 1. The van der Waals surface area contributed by atoms with Crippen molar-refractivity contribution in [2.24, 2.45) is 5.73 Å². The van der Waals surface area contributed by atoms with Gasteiger partial charge in [0.15, 0.2) is 11.6 Å². The standard InChI is InChI=1S/C21H24ClFN2O/c1-13-9-14(22)10-17-16(13)11-19(25-8-4-5-15(24)12-25)21(17)26-20-7-3-2-6-18(20)23/h2-3,6-7,9-10,15,19,21H,4-5,8,11-12,24H2,1H3/t15-,19+,21+/m1/s1. The molecule has 0 radical (unpaired) electrons. The molecule has 0 unspecified atom stereocenters. The van der Waals surface area contributed by atoms with Crippen molar-refractivity contribution in [3.8, 4) is 5.75 Å². The lowest BCUT2D eigenvalue weighted by molar-refractivity contribution is 0.0571. The van der Waals surface area contributed by atoms with Crippen molar-refractivity contribution in [3.05, 3.63) is 63.9 Å². The smallest absolute Gasteiger partial charge is 0.165 e. The van der Waals surface area contributed by atoms with Gasteiger partial charge in [0, 0.05) is 17.6 Å². The highest BCUT2D eigenvalue weighted by Gasteiger charge is 2.40. The molecule has 3 atom stereocenters. The fraction of sp³-hybridized carbons (Fsp3) is 0.429. The van der Waals surface area contributed by atoms with Gasteiger partial charge >= 0.3 is 0 Å². The van der Waals surface area contributed by atoms with Crippen LogP contribution >= 0.6 is 11.6 Å². The van der Waals surface area contributed by atoms with Crippen molar-refractivity contribution < 1.29 is 9.13 Å². The molecule has 4 rings (SSSR count). The molecule has 138 valence electrons. The predicted molar refractivity (Wildman–Crippen MR) is 102 cm³/mol. The molecular formula is C21H24ClFN2O. The number of likely N-dealkylation sites (tertiary alicyclic amines) is 1. The average Bonchev–Trinajstić information content (AvgIpc) is 2.96. The Labute approximate surface area is 158 Å². The molecule has 1 fully saturated rings. The SMILES string of the molecule is Cc1cc(Cl)cc2c1C[C@H](N1CCC[C@@H](N)C1)[C@H]2Oc1ccccc1F. The summed E-state index contributed by atoms with van der Waals surface area (Å²) in [4.78, 5) is 2.41. The first-order chi connectivity index (χ1) is 12.5. The van der Waals surface area contributed by atoms with Gasteiger partial charge in [0.2, 0.25) is 0 Å². The van der Waals surface area contributed by atoms with Gasteiger partial charge in [0.1, 0.15) is 6.10 Å². The van der Waals surface area contributed by atoms with Crippen LogP contribution < -0.4 is 10.5 Å². The molecule has 0 aromatic heterocycles. The zero-order chi connectivity index (χ0) is 18.3. The summed E-state index contributed by atoms with van der Waals surface area (Å²) < 4.78 is 20.5. The zero-order valence-electron chi connectivity index (χ0n) is 14.9. The number of hydrogen-bond acceptors (Lipinski definition) is 3. The van der Waals surface area contributed by atoms with Crippen LogP contribution in [0.3, 0.4) is 0 Å². The minimum Gasteiger partial charge on any atom is -0.481 e. The molecular weight excluding hydrogens is 351 g/mol. The number of para-hydroxylation sites is 1. The summed E-state index contributed by atoms with van der Waals surface area (Å²) in [6, 6.07) is 10.9. The highest BCUT2D eigenvalue weighted by molar-refractivity contribution is 6.30. The van der Waals surface area contributed by atoms with Crippen molar-refractivity contribution in [3.63, 3.8) is 0 Å². The molecule has 5 heteroatoms. The summed E-state index contributed by atoms with van der Waals surface area (Å²) in [7, 11) is 0. The van der Waals surface area contributed by atoms with Gasteiger partial charge in [-0.3, -0.25) is 4.90 Å². The lowest BCUT2D eigenvalue weighted by atomic mass is 10.0. The number of fused-ring (bicyclic) bond motifs is 1. The number of nitrogens with zero attached hydrogens (tertiary/aromatic N) is 1. The van der Waals surface area contributed by atoms with E-state index in [1.165, 1.54) is 17.2 Å². The Morgan fingerprint density at radius 2 is 2.08 bits per heavy atom. The first kappa shape index (κ1) is 17.8. The molecule has 2 aromatic rings. The number of rotatable bonds is 3. The third-order valence-electron chi connectivity index (χ3n) is 5.59. The van der Waals surface area contributed by atoms with E-state index in [0.29, 0.717) is 5.02 Å². The lowest BCUT2D eigenvalue weighted by Crippen LogP contribution is -2.49. The van der Waals surface area contributed by atoms with E-state index in [0.717, 1.165) is 37.9 Å². The second-order valence-electron chi connectivity index (χ2n) is 7.43. The van der Waals surface area contributed by atoms with Crippen LogP contribution in [-0.2, 0) is 6.42 Å². The topological polar surface area (TPSA) is 38.5 Å². The third kappa shape index (κ3) is 3.34. The van der Waals surface area contributed by atoms with E-state index in [2.05, 4.69) is 11.8 Å². The summed E-state index contributed by atoms with van der Waals surface area (Å²) in [5, 5.41) is 0.694. The molecule has 1 aliphatic heterocycles. The van der Waals surface area contributed by atoms with Crippen LogP contribution in [0.25, 0.3) is 0 Å². The fourth-order valence-corrected chi connectivity index (χ4v) is 4.62. The van der Waals surface area contributed by atoms with E-state index < -0.39 is 0 Å². The summed E-state index contributed by atoms with van der Waals surface area (Å²) >= 11 is 6.32. The number of halogens is 2. The molecule has 0 amide bonds. The first-order valence-corrected chi connectivity index (χ1v) is 9.60. The second-order valence-corrected chi connectivity index (χ2v) is 7.86. The zero-order valence-corrected chi connectivity index (χ0v) is 15.7. The van der Waals surface area contributed by atoms with Crippen LogP contribution in [0.2, 0.25) is 5.02 Å². The maximum atomic E-state index is 14.2. The van der Waals surface area contributed by atoms with Crippen LogP contribution in [0.15, 0.2) is 36.4 Å². The van der Waals surface area contributed by atoms with Gasteiger partial charge in [-0.25, -0.2) is 4.39 Å². The molecule has 26 heavy (non-hydrogen) atoms. The number of ether oxygens (including phenoxy) is 1. The normalized spacial score (nSPS) is 25.9. The minimum atomic E-state index is -0.339. The molecule has 1 saturated heterocycles. The van der Waals surface area contributed by atoms with Crippen molar-refractivity contribution in [1.82, 2.24) is 4.90 Å². The van der Waals surface area contributed by atoms with Gasteiger partial charge < -0.3 is 10.5 Å². The first-order valence-electron chi connectivity index (χ1n) is 9.22. The molecule has 2 aliphatic rings. The lowest BCUT2D eigenvalue weighted by Gasteiger charge is -2.38. The summed E-state index contributed by atoms with van der Waals surface area (Å²) in [5.74, 6) is -0.0527. The summed E-state index contributed by atoms with van der Waals surface area (Å²) in [5.41, 5.74) is 9.71.